The summed E-state index contributed by atoms with van der Waals surface area (Å²) in [6, 6.07) is 2.86. The van der Waals surface area contributed by atoms with E-state index in [1.54, 1.807) is 19.2 Å². The quantitative estimate of drug-likeness (QED) is 0.693. The predicted octanol–water partition coefficient (Wildman–Crippen LogP) is 3.51. The molecule has 0 aromatic carbocycles. The molecule has 0 saturated heterocycles. The molecule has 3 aromatic heterocycles. The van der Waals surface area contributed by atoms with E-state index in [-0.39, 0.29) is 24.8 Å². The molecule has 6 nitrogen and oxygen atoms in total. The van der Waals surface area contributed by atoms with Crippen LogP contribution in [0, 0.1) is 19.7 Å². The highest BCUT2D eigenvalue weighted by atomic mass is 32.1. The number of nitrogens with one attached hydrogen (secondary N) is 1. The molecule has 1 N–H and O–H groups in total. The topological polar surface area (TPSA) is 72.7 Å². The van der Waals surface area contributed by atoms with Gasteiger partial charge in [-0.25, -0.2) is 14.2 Å². The number of carbonyl (C=O) groups is 2. The molecule has 0 fully saturated rings. The second-order valence-corrected chi connectivity index (χ2v) is 7.00. The fourth-order valence-corrected chi connectivity index (χ4v) is 3.67. The van der Waals surface area contributed by atoms with E-state index in [4.69, 9.17) is 4.74 Å². The van der Waals surface area contributed by atoms with Crippen LogP contribution in [0.4, 0.5) is 9.39 Å². The summed E-state index contributed by atoms with van der Waals surface area (Å²) in [5, 5.41) is 3.24. The number of pyridine rings is 1. The van der Waals surface area contributed by atoms with Crippen molar-refractivity contribution in [2.75, 3.05) is 11.9 Å². The van der Waals surface area contributed by atoms with Crippen molar-refractivity contribution >= 4 is 33.9 Å². The van der Waals surface area contributed by atoms with Crippen molar-refractivity contribution in [3.63, 3.8) is 0 Å². The zero-order valence-corrected chi connectivity index (χ0v) is 15.4. The van der Waals surface area contributed by atoms with Crippen molar-refractivity contribution in [3.05, 3.63) is 52.0 Å². The van der Waals surface area contributed by atoms with Crippen LogP contribution in [0.25, 0.3) is 5.65 Å². The molecule has 136 valence electrons. The van der Waals surface area contributed by atoms with E-state index >= 15 is 0 Å². The molecule has 0 atom stereocenters. The third-order valence-electron chi connectivity index (χ3n) is 3.92. The van der Waals surface area contributed by atoms with Gasteiger partial charge in [0.2, 0.25) is 5.91 Å². The number of anilines is 1. The Bertz CT molecular complexity index is 993. The van der Waals surface area contributed by atoms with E-state index in [0.717, 1.165) is 10.4 Å². The highest BCUT2D eigenvalue weighted by Gasteiger charge is 2.22. The lowest BCUT2D eigenvalue weighted by Crippen LogP contribution is -2.16. The molecule has 0 bridgehead atoms. The lowest BCUT2D eigenvalue weighted by molar-refractivity contribution is -0.115. The number of esters is 1. The Balaban J connectivity index is 1.79. The first-order valence-electron chi connectivity index (χ1n) is 8.09. The molecule has 3 aromatic rings. The summed E-state index contributed by atoms with van der Waals surface area (Å²) >= 11 is 1.33. The third kappa shape index (κ3) is 3.60. The number of aromatic nitrogens is 2. The van der Waals surface area contributed by atoms with Gasteiger partial charge < -0.3 is 14.5 Å². The van der Waals surface area contributed by atoms with Gasteiger partial charge in [0, 0.05) is 17.3 Å². The van der Waals surface area contributed by atoms with Crippen LogP contribution in [-0.4, -0.2) is 27.9 Å². The number of hydrogen-bond acceptors (Lipinski definition) is 5. The molecule has 0 saturated carbocycles. The number of aryl methyl sites for hydroxylation is 1. The molecule has 0 radical (unpaired) electrons. The van der Waals surface area contributed by atoms with Crippen LogP contribution in [-0.2, 0) is 16.0 Å². The molecule has 8 heteroatoms. The third-order valence-corrected chi connectivity index (χ3v) is 5.05. The summed E-state index contributed by atoms with van der Waals surface area (Å²) in [6.07, 6.45) is 2.92. The van der Waals surface area contributed by atoms with Gasteiger partial charge in [-0.3, -0.25) is 4.79 Å². The Labute approximate surface area is 153 Å². The van der Waals surface area contributed by atoms with Crippen LogP contribution in [0.1, 0.15) is 33.4 Å². The van der Waals surface area contributed by atoms with Crippen molar-refractivity contribution in [1.29, 1.82) is 0 Å². The van der Waals surface area contributed by atoms with Gasteiger partial charge in [-0.15, -0.1) is 11.3 Å². The minimum absolute atomic E-state index is 0.0154. The minimum Gasteiger partial charge on any atom is -0.462 e. The zero-order valence-electron chi connectivity index (χ0n) is 14.6. The first-order chi connectivity index (χ1) is 12.4. The van der Waals surface area contributed by atoms with Crippen LogP contribution < -0.4 is 5.32 Å². The molecular formula is C18H18FN3O3S. The number of carbonyl (C=O) groups excluding carboxylic acids is 2. The molecule has 0 aliphatic heterocycles. The van der Waals surface area contributed by atoms with E-state index in [0.29, 0.717) is 21.9 Å². The van der Waals surface area contributed by atoms with E-state index in [1.807, 2.05) is 13.8 Å². The van der Waals surface area contributed by atoms with Crippen molar-refractivity contribution in [2.45, 2.75) is 27.2 Å². The summed E-state index contributed by atoms with van der Waals surface area (Å²) < 4.78 is 19.9. The number of imidazole rings is 1. The smallest absolute Gasteiger partial charge is 0.341 e. The SMILES string of the molecule is CCOC(=O)c1c(NC(=O)Cc2cn3cc(F)ccc3n2)sc(C)c1C. The van der Waals surface area contributed by atoms with Crippen LogP contribution in [0.3, 0.4) is 0 Å². The summed E-state index contributed by atoms with van der Waals surface area (Å²) in [5.74, 6) is -1.14. The summed E-state index contributed by atoms with van der Waals surface area (Å²) in [4.78, 5) is 29.8. The lowest BCUT2D eigenvalue weighted by atomic mass is 10.1. The Morgan fingerprint density at radius 3 is 2.81 bits per heavy atom. The van der Waals surface area contributed by atoms with Crippen molar-refractivity contribution in [2.24, 2.45) is 0 Å². The van der Waals surface area contributed by atoms with E-state index in [1.165, 1.54) is 28.0 Å². The van der Waals surface area contributed by atoms with Crippen LogP contribution >= 0.6 is 11.3 Å². The Morgan fingerprint density at radius 1 is 1.31 bits per heavy atom. The molecule has 1 amide bonds. The van der Waals surface area contributed by atoms with E-state index < -0.39 is 5.97 Å². The molecule has 0 spiro atoms. The number of hydrogen-bond donors (Lipinski definition) is 1. The van der Waals surface area contributed by atoms with Gasteiger partial charge in [0.05, 0.1) is 24.3 Å². The average molecular weight is 375 g/mol. The molecular weight excluding hydrogens is 357 g/mol. The highest BCUT2D eigenvalue weighted by Crippen LogP contribution is 2.33. The second-order valence-electron chi connectivity index (χ2n) is 5.78. The number of thiophene rings is 1. The Kier molecular flexibility index (Phi) is 5.03. The van der Waals surface area contributed by atoms with E-state index in [9.17, 15) is 14.0 Å². The van der Waals surface area contributed by atoms with Gasteiger partial charge in [0.1, 0.15) is 16.5 Å². The van der Waals surface area contributed by atoms with Crippen molar-refractivity contribution < 1.29 is 18.7 Å². The van der Waals surface area contributed by atoms with Gasteiger partial charge in [0.25, 0.3) is 0 Å². The molecule has 3 rings (SSSR count). The standard InChI is InChI=1S/C18H18FN3O3S/c1-4-25-18(24)16-10(2)11(3)26-17(16)21-15(23)7-13-9-22-8-12(19)5-6-14(22)20-13/h5-6,8-9H,4,7H2,1-3H3,(H,21,23). The summed E-state index contributed by atoms with van der Waals surface area (Å²) in [7, 11) is 0. The van der Waals surface area contributed by atoms with Gasteiger partial charge >= 0.3 is 5.97 Å². The van der Waals surface area contributed by atoms with Crippen LogP contribution in [0.15, 0.2) is 24.5 Å². The molecule has 0 unspecified atom stereocenters. The number of ether oxygens (including phenoxy) is 1. The predicted molar refractivity (Wildman–Crippen MR) is 97.2 cm³/mol. The first kappa shape index (κ1) is 18.1. The van der Waals surface area contributed by atoms with Crippen LogP contribution in [0.2, 0.25) is 0 Å². The number of rotatable bonds is 5. The maximum absolute atomic E-state index is 13.2. The summed E-state index contributed by atoms with van der Waals surface area (Å²) in [6.45, 7) is 5.70. The van der Waals surface area contributed by atoms with Gasteiger partial charge in [-0.2, -0.15) is 0 Å². The largest absolute Gasteiger partial charge is 0.462 e. The maximum atomic E-state index is 13.2. The number of halogens is 1. The number of fused-ring (bicyclic) bond motifs is 1. The fourth-order valence-electron chi connectivity index (χ4n) is 2.60. The minimum atomic E-state index is -0.451. The normalized spacial score (nSPS) is 10.9. The molecule has 0 aliphatic carbocycles. The fraction of sp³-hybridized carbons (Fsp3) is 0.278. The Hall–Kier alpha value is -2.74. The summed E-state index contributed by atoms with van der Waals surface area (Å²) in [5.41, 5.74) is 2.26. The second kappa shape index (κ2) is 7.25. The van der Waals surface area contributed by atoms with Crippen molar-refractivity contribution in [3.8, 4) is 0 Å². The maximum Gasteiger partial charge on any atom is 0.341 e. The van der Waals surface area contributed by atoms with Crippen molar-refractivity contribution in [1.82, 2.24) is 9.38 Å². The van der Waals surface area contributed by atoms with Gasteiger partial charge in [0.15, 0.2) is 0 Å². The molecule has 0 aliphatic rings. The van der Waals surface area contributed by atoms with Gasteiger partial charge in [-0.05, 0) is 38.5 Å². The average Bonchev–Trinajstić information content (AvgIpc) is 3.07. The van der Waals surface area contributed by atoms with E-state index in [2.05, 4.69) is 10.3 Å². The van der Waals surface area contributed by atoms with Crippen LogP contribution in [0.5, 0.6) is 0 Å². The molecule has 26 heavy (non-hydrogen) atoms. The number of nitrogens with zero attached hydrogens (tertiary/aromatic N) is 2. The number of amides is 1. The highest BCUT2D eigenvalue weighted by molar-refractivity contribution is 7.16. The Morgan fingerprint density at radius 2 is 2.08 bits per heavy atom. The first-order valence-corrected chi connectivity index (χ1v) is 8.90. The molecule has 3 heterocycles. The lowest BCUT2D eigenvalue weighted by Gasteiger charge is -2.06. The zero-order chi connectivity index (χ0) is 18.8. The van der Waals surface area contributed by atoms with Gasteiger partial charge in [-0.1, -0.05) is 0 Å². The monoisotopic (exact) mass is 375 g/mol.